The highest BCUT2D eigenvalue weighted by Gasteiger charge is 2.19. The molecule has 4 rings (SSSR count). The number of methoxy groups -OCH3 is 1. The summed E-state index contributed by atoms with van der Waals surface area (Å²) in [5.41, 5.74) is 4.87. The minimum atomic E-state index is -1.76. The summed E-state index contributed by atoms with van der Waals surface area (Å²) in [6.07, 6.45) is 0. The molecule has 0 saturated carbocycles. The lowest BCUT2D eigenvalue weighted by atomic mass is 9.86. The molecular weight excluding hydrogens is 431 g/mol. The van der Waals surface area contributed by atoms with Crippen LogP contribution in [0.3, 0.4) is 0 Å². The Bertz CT molecular complexity index is 1350. The molecule has 0 spiro atoms. The van der Waals surface area contributed by atoms with Gasteiger partial charge in [0.25, 0.3) is 0 Å². The smallest absolute Gasteiger partial charge is 0.453 e. The van der Waals surface area contributed by atoms with Crippen LogP contribution >= 0.6 is 8.24 Å². The molecule has 3 aromatic carbocycles. The molecule has 0 bridgehead atoms. The zero-order valence-electron chi connectivity index (χ0n) is 20.8. The summed E-state index contributed by atoms with van der Waals surface area (Å²) in [6.45, 7) is 15.2. The third-order valence-corrected chi connectivity index (χ3v) is 6.81. The molecule has 1 heterocycles. The van der Waals surface area contributed by atoms with Gasteiger partial charge in [-0.25, -0.2) is 0 Å². The number of hydrogen-bond acceptors (Lipinski definition) is 4. The molecule has 0 aliphatic heterocycles. The number of benzene rings is 3. The lowest BCUT2D eigenvalue weighted by molar-refractivity contribution is 0.410. The van der Waals surface area contributed by atoms with Gasteiger partial charge in [0.05, 0.1) is 7.11 Å². The molecule has 4 nitrogen and oxygen atoms in total. The Labute approximate surface area is 197 Å². The van der Waals surface area contributed by atoms with Gasteiger partial charge in [0.1, 0.15) is 11.3 Å². The molecule has 0 radical (unpaired) electrons. The van der Waals surface area contributed by atoms with Crippen LogP contribution < -0.4 is 9.26 Å². The van der Waals surface area contributed by atoms with Crippen LogP contribution in [0.15, 0.2) is 63.0 Å². The maximum atomic E-state index is 6.41. The molecule has 4 aromatic rings. The van der Waals surface area contributed by atoms with E-state index in [2.05, 4.69) is 84.9 Å². The SMILES string of the molecule is COc1cc(C)cc2c1op(Oc1cccc(C(C)(C)C)c1)oc1cc(C(C)(C)C)ccc12. The third kappa shape index (κ3) is 4.91. The first-order chi connectivity index (χ1) is 15.5. The Morgan fingerprint density at radius 2 is 1.45 bits per heavy atom. The first-order valence-electron chi connectivity index (χ1n) is 11.2. The van der Waals surface area contributed by atoms with Crippen LogP contribution in [0.1, 0.15) is 58.2 Å². The zero-order chi connectivity index (χ0) is 24.0. The van der Waals surface area contributed by atoms with Crippen LogP contribution in [0, 0.1) is 6.92 Å². The number of hydrogen-bond donors (Lipinski definition) is 0. The number of ether oxygens (including phenoxy) is 1. The van der Waals surface area contributed by atoms with Crippen LogP contribution in [-0.2, 0) is 10.8 Å². The summed E-state index contributed by atoms with van der Waals surface area (Å²) in [5.74, 6) is 1.39. The predicted octanol–water partition coefficient (Wildman–Crippen LogP) is 9.04. The Morgan fingerprint density at radius 3 is 2.12 bits per heavy atom. The molecule has 0 aliphatic carbocycles. The van der Waals surface area contributed by atoms with Crippen molar-refractivity contribution >= 4 is 30.2 Å². The molecule has 33 heavy (non-hydrogen) atoms. The molecule has 1 unspecified atom stereocenters. The van der Waals surface area contributed by atoms with Gasteiger partial charge in [-0.1, -0.05) is 65.8 Å². The van der Waals surface area contributed by atoms with E-state index in [-0.39, 0.29) is 10.8 Å². The fraction of sp³-hybridized carbons (Fsp3) is 0.357. The lowest BCUT2D eigenvalue weighted by Crippen LogP contribution is -2.10. The van der Waals surface area contributed by atoms with Gasteiger partial charge in [0, 0.05) is 10.8 Å². The average molecular weight is 465 g/mol. The Morgan fingerprint density at radius 1 is 0.758 bits per heavy atom. The second-order valence-corrected chi connectivity index (χ2v) is 11.6. The van der Waals surface area contributed by atoms with Crippen LogP contribution in [0.5, 0.6) is 11.5 Å². The fourth-order valence-electron chi connectivity index (χ4n) is 3.79. The van der Waals surface area contributed by atoms with E-state index in [1.54, 1.807) is 7.11 Å². The van der Waals surface area contributed by atoms with E-state index in [0.29, 0.717) is 11.3 Å². The lowest BCUT2D eigenvalue weighted by Gasteiger charge is -2.19. The fourth-order valence-corrected chi connectivity index (χ4v) is 4.84. The summed E-state index contributed by atoms with van der Waals surface area (Å²) in [4.78, 5) is 0. The van der Waals surface area contributed by atoms with Crippen molar-refractivity contribution in [2.75, 3.05) is 7.11 Å². The average Bonchev–Trinajstić information content (AvgIpc) is 2.88. The maximum Gasteiger partial charge on any atom is 0.453 e. The molecule has 0 saturated heterocycles. The number of aryl methyl sites for hydroxylation is 1. The van der Waals surface area contributed by atoms with Gasteiger partial charge in [-0.2, -0.15) is 0 Å². The number of fused-ring (bicyclic) bond motifs is 3. The van der Waals surface area contributed by atoms with E-state index in [1.165, 1.54) is 11.1 Å². The Hall–Kier alpha value is -2.84. The van der Waals surface area contributed by atoms with Crippen molar-refractivity contribution in [2.45, 2.75) is 59.3 Å². The van der Waals surface area contributed by atoms with Crippen LogP contribution in [-0.4, -0.2) is 7.11 Å². The summed E-state index contributed by atoms with van der Waals surface area (Å²) in [6, 6.07) is 18.6. The minimum absolute atomic E-state index is 0.0106. The normalized spacial score (nSPS) is 12.8. The third-order valence-electron chi connectivity index (χ3n) is 5.78. The largest absolute Gasteiger partial charge is 0.493 e. The van der Waals surface area contributed by atoms with Gasteiger partial charge in [-0.3, -0.25) is 0 Å². The van der Waals surface area contributed by atoms with Crippen LogP contribution in [0.4, 0.5) is 0 Å². The Kier molecular flexibility index (Phi) is 6.01. The first-order valence-corrected chi connectivity index (χ1v) is 12.3. The topological polar surface area (TPSA) is 44.7 Å². The van der Waals surface area contributed by atoms with E-state index in [0.717, 1.165) is 27.7 Å². The van der Waals surface area contributed by atoms with Gasteiger partial charge < -0.3 is 17.7 Å². The van der Waals surface area contributed by atoms with Gasteiger partial charge in [-0.15, -0.1) is 0 Å². The molecule has 0 fully saturated rings. The second kappa shape index (κ2) is 8.50. The monoisotopic (exact) mass is 464 g/mol. The molecule has 1 atom stereocenters. The number of rotatable bonds is 3. The van der Waals surface area contributed by atoms with Gasteiger partial charge in [-0.05, 0) is 64.8 Å². The quantitative estimate of drug-likeness (QED) is 0.303. The van der Waals surface area contributed by atoms with E-state index in [4.69, 9.17) is 17.7 Å². The molecular formula is C28H33O4P. The summed E-state index contributed by atoms with van der Waals surface area (Å²) >= 11 is 0. The zero-order valence-corrected chi connectivity index (χ0v) is 21.7. The van der Waals surface area contributed by atoms with E-state index in [9.17, 15) is 0 Å². The van der Waals surface area contributed by atoms with E-state index < -0.39 is 8.24 Å². The van der Waals surface area contributed by atoms with E-state index in [1.807, 2.05) is 18.2 Å². The van der Waals surface area contributed by atoms with Crippen molar-refractivity contribution in [1.29, 1.82) is 0 Å². The van der Waals surface area contributed by atoms with Crippen LogP contribution in [0.25, 0.3) is 21.9 Å². The highest BCUT2D eigenvalue weighted by molar-refractivity contribution is 7.32. The van der Waals surface area contributed by atoms with Crippen LogP contribution in [0.2, 0.25) is 0 Å². The van der Waals surface area contributed by atoms with Gasteiger partial charge in [0.15, 0.2) is 11.3 Å². The van der Waals surface area contributed by atoms with Crippen molar-refractivity contribution in [1.82, 2.24) is 0 Å². The van der Waals surface area contributed by atoms with Gasteiger partial charge in [0.2, 0.25) is 0 Å². The second-order valence-electron chi connectivity index (χ2n) is 10.6. The molecule has 5 heteroatoms. The molecule has 174 valence electrons. The highest BCUT2D eigenvalue weighted by atomic mass is 31.1. The van der Waals surface area contributed by atoms with Crippen molar-refractivity contribution in [3.8, 4) is 11.5 Å². The van der Waals surface area contributed by atoms with Gasteiger partial charge >= 0.3 is 8.24 Å². The van der Waals surface area contributed by atoms with Crippen molar-refractivity contribution in [3.05, 3.63) is 71.3 Å². The molecule has 0 N–H and O–H groups in total. The minimum Gasteiger partial charge on any atom is -0.493 e. The maximum absolute atomic E-state index is 6.41. The molecule has 0 amide bonds. The first kappa shape index (κ1) is 23.3. The van der Waals surface area contributed by atoms with E-state index >= 15 is 0 Å². The molecule has 1 aromatic heterocycles. The van der Waals surface area contributed by atoms with Crippen molar-refractivity contribution < 1.29 is 17.7 Å². The molecule has 0 aliphatic rings. The highest BCUT2D eigenvalue weighted by Crippen LogP contribution is 2.42. The summed E-state index contributed by atoms with van der Waals surface area (Å²) < 4.78 is 24.8. The Balaban J connectivity index is 2.00. The van der Waals surface area contributed by atoms with Crippen molar-refractivity contribution in [2.24, 2.45) is 0 Å². The summed E-state index contributed by atoms with van der Waals surface area (Å²) in [7, 11) is -0.0994. The summed E-state index contributed by atoms with van der Waals surface area (Å²) in [5, 5.41) is 1.91. The predicted molar refractivity (Wildman–Crippen MR) is 137 cm³/mol. The standard InChI is InChI=1S/C28H33O4P/c1-18-14-23-22-13-12-20(28(5,6)7)17-24(22)31-33(32-26(23)25(15-18)29-8)30-21-11-9-10-19(16-21)27(2,3)4/h9-17H,1-8H3. The van der Waals surface area contributed by atoms with Crippen molar-refractivity contribution in [3.63, 3.8) is 0 Å².